The number of nitrogens with zero attached hydrogens (tertiary/aromatic N) is 1. The second kappa shape index (κ2) is 10.5. The maximum atomic E-state index is 2.20. The normalized spacial score (nSPS) is 8.25. The summed E-state index contributed by atoms with van der Waals surface area (Å²) < 4.78 is 0. The first-order valence-corrected chi connectivity index (χ1v) is 6.42. The summed E-state index contributed by atoms with van der Waals surface area (Å²) in [6.07, 6.45) is 1.12. The van der Waals surface area contributed by atoms with E-state index >= 15 is 0 Å². The van der Waals surface area contributed by atoms with Crippen molar-refractivity contribution in [1.82, 2.24) is 0 Å². The lowest BCUT2D eigenvalue weighted by molar-refractivity contribution is 1.06. The molecule has 0 aliphatic heterocycles. The molecule has 0 unspecified atom stereocenters. The van der Waals surface area contributed by atoms with E-state index in [1.807, 2.05) is 27.7 Å². The SMILES string of the molecule is CC.CC.CCc1cccc(N(C)C)c1C. The molecule has 0 bridgehead atoms. The summed E-state index contributed by atoms with van der Waals surface area (Å²) >= 11 is 0. The van der Waals surface area contributed by atoms with Crippen LogP contribution in [0.2, 0.25) is 0 Å². The van der Waals surface area contributed by atoms with Crippen molar-refractivity contribution in [1.29, 1.82) is 0 Å². The van der Waals surface area contributed by atoms with E-state index in [4.69, 9.17) is 0 Å². The summed E-state index contributed by atoms with van der Waals surface area (Å²) in [5.41, 5.74) is 4.18. The van der Waals surface area contributed by atoms with Gasteiger partial charge < -0.3 is 4.90 Å². The van der Waals surface area contributed by atoms with Crippen LogP contribution >= 0.6 is 0 Å². The van der Waals surface area contributed by atoms with Crippen LogP contribution in [0.5, 0.6) is 0 Å². The zero-order valence-electron chi connectivity index (χ0n) is 12.4. The predicted octanol–water partition coefficient (Wildman–Crippen LogP) is 4.68. The standard InChI is InChI=1S/C11H17N.2C2H6/c1-5-10-7-6-8-11(9(10)2)12(3)4;2*1-2/h6-8H,5H2,1-4H3;2*1-2H3. The van der Waals surface area contributed by atoms with Gasteiger partial charge in [-0.15, -0.1) is 0 Å². The molecule has 0 heterocycles. The second-order valence-electron chi connectivity index (χ2n) is 3.31. The first-order valence-electron chi connectivity index (χ1n) is 6.42. The highest BCUT2D eigenvalue weighted by Crippen LogP contribution is 2.21. The van der Waals surface area contributed by atoms with Crippen molar-refractivity contribution in [3.63, 3.8) is 0 Å². The molecule has 1 aromatic rings. The fraction of sp³-hybridized carbons (Fsp3) is 0.600. The van der Waals surface area contributed by atoms with E-state index in [9.17, 15) is 0 Å². The molecule has 1 heteroatoms. The Bertz CT molecular complexity index is 264. The Morgan fingerprint density at radius 2 is 1.50 bits per heavy atom. The van der Waals surface area contributed by atoms with Crippen LogP contribution in [-0.2, 0) is 6.42 Å². The quantitative estimate of drug-likeness (QED) is 0.704. The van der Waals surface area contributed by atoms with Crippen LogP contribution in [0, 0.1) is 6.92 Å². The monoisotopic (exact) mass is 223 g/mol. The third kappa shape index (κ3) is 5.20. The van der Waals surface area contributed by atoms with Crippen LogP contribution < -0.4 is 4.90 Å². The minimum atomic E-state index is 1.12. The highest BCUT2D eigenvalue weighted by atomic mass is 15.1. The van der Waals surface area contributed by atoms with Crippen LogP contribution in [0.15, 0.2) is 18.2 Å². The van der Waals surface area contributed by atoms with Gasteiger partial charge in [-0.25, -0.2) is 0 Å². The van der Waals surface area contributed by atoms with Crippen LogP contribution in [0.1, 0.15) is 45.7 Å². The van der Waals surface area contributed by atoms with Gasteiger partial charge in [-0.1, -0.05) is 46.8 Å². The third-order valence-electron chi connectivity index (χ3n) is 2.28. The molecule has 0 atom stereocenters. The molecule has 0 saturated carbocycles. The van der Waals surface area contributed by atoms with Crippen molar-refractivity contribution in [2.45, 2.75) is 48.0 Å². The molecule has 1 rings (SSSR count). The first-order chi connectivity index (χ1) is 7.66. The first kappa shape index (κ1) is 17.4. The fourth-order valence-corrected chi connectivity index (χ4v) is 1.54. The lowest BCUT2D eigenvalue weighted by atomic mass is 10.0. The molecule has 0 amide bonds. The van der Waals surface area contributed by atoms with Crippen LogP contribution in [0.4, 0.5) is 5.69 Å². The average Bonchev–Trinajstić information content (AvgIpc) is 2.34. The van der Waals surface area contributed by atoms with E-state index in [-0.39, 0.29) is 0 Å². The molecule has 0 aliphatic rings. The zero-order chi connectivity index (χ0) is 13.1. The number of aryl methyl sites for hydroxylation is 1. The maximum Gasteiger partial charge on any atom is 0.0393 e. The molecule has 1 nitrogen and oxygen atoms in total. The van der Waals surface area contributed by atoms with Crippen molar-refractivity contribution in [3.05, 3.63) is 29.3 Å². The van der Waals surface area contributed by atoms with Crippen molar-refractivity contribution in [2.75, 3.05) is 19.0 Å². The Morgan fingerprint density at radius 3 is 1.88 bits per heavy atom. The zero-order valence-corrected chi connectivity index (χ0v) is 12.4. The van der Waals surface area contributed by atoms with Gasteiger partial charge in [-0.3, -0.25) is 0 Å². The highest BCUT2D eigenvalue weighted by molar-refractivity contribution is 5.55. The Balaban J connectivity index is 0. The Kier molecular flexibility index (Phi) is 11.5. The molecule has 0 radical (unpaired) electrons. The minimum absolute atomic E-state index is 1.12. The van der Waals surface area contributed by atoms with Crippen molar-refractivity contribution < 1.29 is 0 Å². The third-order valence-corrected chi connectivity index (χ3v) is 2.28. The molecule has 0 N–H and O–H groups in total. The van der Waals surface area contributed by atoms with Gasteiger partial charge in [0.2, 0.25) is 0 Å². The van der Waals surface area contributed by atoms with Gasteiger partial charge in [0.1, 0.15) is 0 Å². The van der Waals surface area contributed by atoms with E-state index in [2.05, 4.69) is 51.0 Å². The molecule has 0 spiro atoms. The van der Waals surface area contributed by atoms with Crippen molar-refractivity contribution >= 4 is 5.69 Å². The summed E-state index contributed by atoms with van der Waals surface area (Å²) in [6.45, 7) is 12.4. The topological polar surface area (TPSA) is 3.24 Å². The van der Waals surface area contributed by atoms with Gasteiger partial charge in [0, 0.05) is 19.8 Å². The lowest BCUT2D eigenvalue weighted by Crippen LogP contribution is -2.10. The molecule has 16 heavy (non-hydrogen) atoms. The largest absolute Gasteiger partial charge is 0.377 e. The number of hydrogen-bond donors (Lipinski definition) is 0. The molecule has 0 fully saturated rings. The summed E-state index contributed by atoms with van der Waals surface area (Å²) in [5.74, 6) is 0. The van der Waals surface area contributed by atoms with Gasteiger partial charge in [0.15, 0.2) is 0 Å². The minimum Gasteiger partial charge on any atom is -0.377 e. The van der Waals surface area contributed by atoms with Gasteiger partial charge in [-0.2, -0.15) is 0 Å². The second-order valence-corrected chi connectivity index (χ2v) is 3.31. The van der Waals surface area contributed by atoms with Gasteiger partial charge >= 0.3 is 0 Å². The molecular weight excluding hydrogens is 194 g/mol. The Labute approximate surface area is 102 Å². The van der Waals surface area contributed by atoms with Gasteiger partial charge in [-0.05, 0) is 30.5 Å². The number of anilines is 1. The number of hydrogen-bond acceptors (Lipinski definition) is 1. The van der Waals surface area contributed by atoms with E-state index in [1.54, 1.807) is 0 Å². The summed E-state index contributed by atoms with van der Waals surface area (Å²) in [4.78, 5) is 2.16. The summed E-state index contributed by atoms with van der Waals surface area (Å²) in [6, 6.07) is 6.48. The van der Waals surface area contributed by atoms with E-state index in [1.165, 1.54) is 16.8 Å². The number of benzene rings is 1. The Hall–Kier alpha value is -0.980. The molecule has 94 valence electrons. The fourth-order valence-electron chi connectivity index (χ4n) is 1.54. The van der Waals surface area contributed by atoms with Crippen LogP contribution in [-0.4, -0.2) is 14.1 Å². The number of rotatable bonds is 2. The van der Waals surface area contributed by atoms with Crippen molar-refractivity contribution in [2.24, 2.45) is 0 Å². The van der Waals surface area contributed by atoms with E-state index < -0.39 is 0 Å². The Morgan fingerprint density at radius 1 is 1.00 bits per heavy atom. The summed E-state index contributed by atoms with van der Waals surface area (Å²) in [5, 5.41) is 0. The molecular formula is C15H29N. The van der Waals surface area contributed by atoms with Crippen molar-refractivity contribution in [3.8, 4) is 0 Å². The molecule has 0 saturated heterocycles. The molecule has 0 aromatic heterocycles. The van der Waals surface area contributed by atoms with Crippen LogP contribution in [0.3, 0.4) is 0 Å². The highest BCUT2D eigenvalue weighted by Gasteiger charge is 2.02. The van der Waals surface area contributed by atoms with E-state index in [0.717, 1.165) is 6.42 Å². The maximum absolute atomic E-state index is 2.20. The summed E-state index contributed by atoms with van der Waals surface area (Å²) in [7, 11) is 4.17. The van der Waals surface area contributed by atoms with E-state index in [0.29, 0.717) is 0 Å². The van der Waals surface area contributed by atoms with Crippen LogP contribution in [0.25, 0.3) is 0 Å². The molecule has 0 aliphatic carbocycles. The predicted molar refractivity (Wildman–Crippen MR) is 77.6 cm³/mol. The van der Waals surface area contributed by atoms with Gasteiger partial charge in [0.25, 0.3) is 0 Å². The smallest absolute Gasteiger partial charge is 0.0393 e. The average molecular weight is 223 g/mol. The lowest BCUT2D eigenvalue weighted by Gasteiger charge is -2.17. The van der Waals surface area contributed by atoms with Gasteiger partial charge in [0.05, 0.1) is 0 Å². The molecule has 1 aromatic carbocycles.